The van der Waals surface area contributed by atoms with Gasteiger partial charge in [-0.25, -0.2) is 4.79 Å². The van der Waals surface area contributed by atoms with Crippen molar-refractivity contribution in [3.8, 4) is 11.5 Å². The summed E-state index contributed by atoms with van der Waals surface area (Å²) in [6.45, 7) is 2.91. The molecule has 1 aromatic rings. The van der Waals surface area contributed by atoms with Crippen molar-refractivity contribution in [1.82, 2.24) is 10.2 Å². The van der Waals surface area contributed by atoms with Crippen LogP contribution < -0.4 is 20.1 Å². The van der Waals surface area contributed by atoms with Crippen LogP contribution in [0.4, 0.5) is 10.5 Å². The zero-order valence-corrected chi connectivity index (χ0v) is 15.9. The summed E-state index contributed by atoms with van der Waals surface area (Å²) in [6, 6.07) is 5.04. The minimum atomic E-state index is -0.217. The van der Waals surface area contributed by atoms with E-state index in [0.717, 1.165) is 25.7 Å². The lowest BCUT2D eigenvalue weighted by Crippen LogP contribution is -2.54. The van der Waals surface area contributed by atoms with Gasteiger partial charge in [0.2, 0.25) is 5.91 Å². The van der Waals surface area contributed by atoms with Gasteiger partial charge < -0.3 is 29.7 Å². The molecule has 8 heteroatoms. The van der Waals surface area contributed by atoms with E-state index in [1.54, 1.807) is 23.1 Å². The van der Waals surface area contributed by atoms with Gasteiger partial charge in [0.1, 0.15) is 13.2 Å². The second-order valence-electron chi connectivity index (χ2n) is 7.34. The molecular formula is C20H27N3O5. The lowest BCUT2D eigenvalue weighted by atomic mass is 9.82. The number of urea groups is 1. The number of benzene rings is 1. The first-order valence-electron chi connectivity index (χ1n) is 10.0. The Morgan fingerprint density at radius 3 is 2.79 bits per heavy atom. The number of hydrogen-bond acceptors (Lipinski definition) is 5. The van der Waals surface area contributed by atoms with Gasteiger partial charge in [0.15, 0.2) is 11.5 Å². The van der Waals surface area contributed by atoms with Crippen molar-refractivity contribution in [3.63, 3.8) is 0 Å². The molecule has 0 spiro atoms. The number of anilines is 1. The molecule has 1 saturated heterocycles. The van der Waals surface area contributed by atoms with E-state index < -0.39 is 0 Å². The monoisotopic (exact) mass is 389 g/mol. The van der Waals surface area contributed by atoms with E-state index in [-0.39, 0.29) is 23.9 Å². The van der Waals surface area contributed by atoms with E-state index >= 15 is 0 Å². The summed E-state index contributed by atoms with van der Waals surface area (Å²) in [5.74, 6) is 1.16. The Balaban J connectivity index is 1.52. The molecule has 0 aromatic heterocycles. The minimum absolute atomic E-state index is 0.0207. The molecule has 1 aliphatic carbocycles. The van der Waals surface area contributed by atoms with Crippen molar-refractivity contribution >= 4 is 17.6 Å². The summed E-state index contributed by atoms with van der Waals surface area (Å²) in [4.78, 5) is 27.5. The summed E-state index contributed by atoms with van der Waals surface area (Å²) < 4.78 is 16.7. The largest absolute Gasteiger partial charge is 0.486 e. The highest BCUT2D eigenvalue weighted by atomic mass is 16.6. The van der Waals surface area contributed by atoms with Gasteiger partial charge in [0.25, 0.3) is 0 Å². The fourth-order valence-corrected chi connectivity index (χ4v) is 4.17. The summed E-state index contributed by atoms with van der Waals surface area (Å²) in [5, 5.41) is 5.90. The number of carbonyl (C=O) groups excluding carboxylic acids is 2. The Morgan fingerprint density at radius 2 is 1.89 bits per heavy atom. The van der Waals surface area contributed by atoms with Crippen molar-refractivity contribution in [2.24, 2.45) is 5.92 Å². The number of ether oxygens (including phenoxy) is 3. The van der Waals surface area contributed by atoms with Crippen molar-refractivity contribution in [3.05, 3.63) is 18.2 Å². The van der Waals surface area contributed by atoms with Crippen LogP contribution in [0.15, 0.2) is 18.2 Å². The predicted octanol–water partition coefficient (Wildman–Crippen LogP) is 2.00. The molecule has 2 atom stereocenters. The average molecular weight is 389 g/mol. The molecule has 3 amide bonds. The summed E-state index contributed by atoms with van der Waals surface area (Å²) in [6.07, 6.45) is 3.67. The van der Waals surface area contributed by atoms with Crippen molar-refractivity contribution in [2.75, 3.05) is 44.8 Å². The SMILES string of the molecule is O=C1NCCOCCN(C(=O)Nc2ccc3c(c2)OCCO3)[C@@H]2CCCC[C@H]12. The van der Waals surface area contributed by atoms with Crippen molar-refractivity contribution in [1.29, 1.82) is 0 Å². The van der Waals surface area contributed by atoms with Crippen LogP contribution in [0.2, 0.25) is 0 Å². The molecular weight excluding hydrogens is 362 g/mol. The Kier molecular flexibility index (Phi) is 5.85. The fourth-order valence-electron chi connectivity index (χ4n) is 4.17. The Labute approximate surface area is 164 Å². The zero-order chi connectivity index (χ0) is 19.3. The Bertz CT molecular complexity index is 726. The van der Waals surface area contributed by atoms with Crippen LogP contribution in [0.5, 0.6) is 11.5 Å². The summed E-state index contributed by atoms with van der Waals surface area (Å²) in [7, 11) is 0. The summed E-state index contributed by atoms with van der Waals surface area (Å²) in [5.41, 5.74) is 0.643. The molecule has 2 fully saturated rings. The number of nitrogens with zero attached hydrogens (tertiary/aromatic N) is 1. The molecule has 2 heterocycles. The smallest absolute Gasteiger partial charge is 0.322 e. The first-order valence-corrected chi connectivity index (χ1v) is 10.0. The van der Waals surface area contributed by atoms with Crippen LogP contribution in [-0.4, -0.2) is 62.4 Å². The molecule has 0 radical (unpaired) electrons. The molecule has 2 aliphatic heterocycles. The van der Waals surface area contributed by atoms with E-state index in [1.807, 2.05) is 0 Å². The molecule has 4 rings (SSSR count). The van der Waals surface area contributed by atoms with E-state index in [2.05, 4.69) is 10.6 Å². The second-order valence-corrected chi connectivity index (χ2v) is 7.34. The predicted molar refractivity (Wildman–Crippen MR) is 103 cm³/mol. The Morgan fingerprint density at radius 1 is 1.07 bits per heavy atom. The first kappa shape index (κ1) is 18.9. The van der Waals surface area contributed by atoms with Gasteiger partial charge in [0.05, 0.1) is 19.1 Å². The first-order chi connectivity index (χ1) is 13.7. The molecule has 0 unspecified atom stereocenters. The normalized spacial score (nSPS) is 25.3. The second kappa shape index (κ2) is 8.68. The highest BCUT2D eigenvalue weighted by Gasteiger charge is 2.37. The fraction of sp³-hybridized carbons (Fsp3) is 0.600. The topological polar surface area (TPSA) is 89.1 Å². The van der Waals surface area contributed by atoms with Gasteiger partial charge in [-0.05, 0) is 25.0 Å². The third kappa shape index (κ3) is 4.16. The van der Waals surface area contributed by atoms with E-state index in [9.17, 15) is 9.59 Å². The standard InChI is InChI=1S/C20H27N3O5/c24-19-15-3-1-2-4-16(15)23(8-10-26-9-7-21-19)20(25)22-14-5-6-17-18(13-14)28-12-11-27-17/h5-6,13,15-16H,1-4,7-12H2,(H,21,24)(H,22,25)/t15-,16+/m0/s1. The van der Waals surface area contributed by atoms with E-state index in [0.29, 0.717) is 56.7 Å². The molecule has 3 aliphatic rings. The molecule has 28 heavy (non-hydrogen) atoms. The van der Waals surface area contributed by atoms with Crippen LogP contribution >= 0.6 is 0 Å². The number of amides is 3. The maximum absolute atomic E-state index is 13.1. The van der Waals surface area contributed by atoms with Gasteiger partial charge in [-0.2, -0.15) is 0 Å². The maximum atomic E-state index is 13.1. The highest BCUT2D eigenvalue weighted by Crippen LogP contribution is 2.33. The Hall–Kier alpha value is -2.48. The zero-order valence-electron chi connectivity index (χ0n) is 15.9. The third-order valence-corrected chi connectivity index (χ3v) is 5.54. The van der Waals surface area contributed by atoms with Gasteiger partial charge in [-0.1, -0.05) is 12.8 Å². The van der Waals surface area contributed by atoms with Crippen molar-refractivity contribution in [2.45, 2.75) is 31.7 Å². The average Bonchev–Trinajstić information content (AvgIpc) is 2.73. The summed E-state index contributed by atoms with van der Waals surface area (Å²) >= 11 is 0. The molecule has 0 bridgehead atoms. The quantitative estimate of drug-likeness (QED) is 0.767. The van der Waals surface area contributed by atoms with Gasteiger partial charge in [0, 0.05) is 30.9 Å². The number of hydrogen-bond donors (Lipinski definition) is 2. The van der Waals surface area contributed by atoms with E-state index in [1.165, 1.54) is 0 Å². The third-order valence-electron chi connectivity index (χ3n) is 5.54. The van der Waals surface area contributed by atoms with Gasteiger partial charge in [-0.15, -0.1) is 0 Å². The number of carbonyl (C=O) groups is 2. The van der Waals surface area contributed by atoms with Gasteiger partial charge in [-0.3, -0.25) is 4.79 Å². The highest BCUT2D eigenvalue weighted by molar-refractivity contribution is 5.90. The number of fused-ring (bicyclic) bond motifs is 2. The lowest BCUT2D eigenvalue weighted by Gasteiger charge is -2.39. The number of nitrogens with one attached hydrogen (secondary N) is 2. The molecule has 152 valence electrons. The van der Waals surface area contributed by atoms with E-state index in [4.69, 9.17) is 14.2 Å². The van der Waals surface area contributed by atoms with Crippen LogP contribution in [-0.2, 0) is 9.53 Å². The van der Waals surface area contributed by atoms with Crippen molar-refractivity contribution < 1.29 is 23.8 Å². The van der Waals surface area contributed by atoms with Crippen LogP contribution in [0.25, 0.3) is 0 Å². The molecule has 1 aromatic carbocycles. The molecule has 2 N–H and O–H groups in total. The van der Waals surface area contributed by atoms with Crippen LogP contribution in [0.1, 0.15) is 25.7 Å². The van der Waals surface area contributed by atoms with Crippen LogP contribution in [0, 0.1) is 5.92 Å². The maximum Gasteiger partial charge on any atom is 0.322 e. The molecule has 8 nitrogen and oxygen atoms in total. The molecule has 1 saturated carbocycles. The lowest BCUT2D eigenvalue weighted by molar-refractivity contribution is -0.128. The number of rotatable bonds is 1. The minimum Gasteiger partial charge on any atom is -0.486 e. The van der Waals surface area contributed by atoms with Crippen LogP contribution in [0.3, 0.4) is 0 Å². The van der Waals surface area contributed by atoms with Gasteiger partial charge >= 0.3 is 6.03 Å².